The minimum Gasteiger partial charge on any atom is -0.440 e. The first-order valence-corrected chi connectivity index (χ1v) is 8.05. The van der Waals surface area contributed by atoms with Crippen molar-refractivity contribution >= 4 is 10.9 Å². The lowest BCUT2D eigenvalue weighted by atomic mass is 10.1. The van der Waals surface area contributed by atoms with Gasteiger partial charge in [-0.05, 0) is 50.5 Å². The van der Waals surface area contributed by atoms with Gasteiger partial charge >= 0.3 is 0 Å². The quantitative estimate of drug-likeness (QED) is 0.772. The molecule has 2 N–H and O–H groups in total. The van der Waals surface area contributed by atoms with E-state index in [1.165, 1.54) is 27.6 Å². The van der Waals surface area contributed by atoms with Crippen LogP contribution in [0.4, 0.5) is 0 Å². The van der Waals surface area contributed by atoms with Gasteiger partial charge in [-0.25, -0.2) is 0 Å². The van der Waals surface area contributed by atoms with Crippen LogP contribution < -0.4 is 10.5 Å². The SMILES string of the molecule is Cc1cccc(Oc2c(CC(C)N)c3ccccc3n2C)c1C. The molecule has 0 fully saturated rings. The van der Waals surface area contributed by atoms with E-state index in [0.717, 1.165) is 18.1 Å². The number of para-hydroxylation sites is 1. The van der Waals surface area contributed by atoms with Crippen LogP contribution in [-0.4, -0.2) is 10.6 Å². The molecule has 1 heterocycles. The van der Waals surface area contributed by atoms with E-state index in [-0.39, 0.29) is 6.04 Å². The van der Waals surface area contributed by atoms with Crippen LogP contribution >= 0.6 is 0 Å². The van der Waals surface area contributed by atoms with Crippen LogP contribution in [0.15, 0.2) is 42.5 Å². The summed E-state index contributed by atoms with van der Waals surface area (Å²) < 4.78 is 8.47. The third-order valence-corrected chi connectivity index (χ3v) is 4.44. The van der Waals surface area contributed by atoms with Gasteiger partial charge in [0, 0.05) is 24.0 Å². The topological polar surface area (TPSA) is 40.2 Å². The van der Waals surface area contributed by atoms with Crippen molar-refractivity contribution in [3.63, 3.8) is 0 Å². The number of nitrogens with zero attached hydrogens (tertiary/aromatic N) is 1. The molecule has 3 nitrogen and oxygen atoms in total. The van der Waals surface area contributed by atoms with Crippen LogP contribution in [0.3, 0.4) is 0 Å². The Labute approximate surface area is 137 Å². The molecule has 0 bridgehead atoms. The second-order valence-corrected chi connectivity index (χ2v) is 6.34. The first kappa shape index (κ1) is 15.6. The number of rotatable bonds is 4. The van der Waals surface area contributed by atoms with Gasteiger partial charge in [0.2, 0.25) is 5.88 Å². The van der Waals surface area contributed by atoms with E-state index in [4.69, 9.17) is 10.5 Å². The molecule has 0 radical (unpaired) electrons. The Morgan fingerprint density at radius 3 is 2.57 bits per heavy atom. The molecule has 3 aromatic rings. The molecule has 2 aromatic carbocycles. The molecular formula is C20H24N2O. The van der Waals surface area contributed by atoms with Crippen molar-refractivity contribution in [1.82, 2.24) is 4.57 Å². The molecule has 1 aromatic heterocycles. The van der Waals surface area contributed by atoms with Crippen molar-refractivity contribution in [2.45, 2.75) is 33.2 Å². The maximum atomic E-state index is 6.35. The fraction of sp³-hybridized carbons (Fsp3) is 0.300. The van der Waals surface area contributed by atoms with Gasteiger partial charge in [-0.15, -0.1) is 0 Å². The zero-order valence-electron chi connectivity index (χ0n) is 14.3. The Bertz CT molecular complexity index is 846. The van der Waals surface area contributed by atoms with E-state index in [2.05, 4.69) is 48.7 Å². The van der Waals surface area contributed by atoms with Crippen molar-refractivity contribution in [2.24, 2.45) is 12.8 Å². The summed E-state index contributed by atoms with van der Waals surface area (Å²) in [6.07, 6.45) is 0.793. The highest BCUT2D eigenvalue weighted by Gasteiger charge is 2.18. The number of hydrogen-bond acceptors (Lipinski definition) is 2. The lowest BCUT2D eigenvalue weighted by Crippen LogP contribution is -2.18. The number of fused-ring (bicyclic) bond motifs is 1. The third-order valence-electron chi connectivity index (χ3n) is 4.44. The zero-order chi connectivity index (χ0) is 16.6. The smallest absolute Gasteiger partial charge is 0.204 e. The Hall–Kier alpha value is -2.26. The fourth-order valence-corrected chi connectivity index (χ4v) is 3.04. The van der Waals surface area contributed by atoms with Gasteiger partial charge in [0.05, 0.1) is 5.52 Å². The first-order valence-electron chi connectivity index (χ1n) is 8.05. The Balaban J connectivity index is 2.16. The predicted molar refractivity (Wildman–Crippen MR) is 96.3 cm³/mol. The molecule has 0 saturated carbocycles. The first-order chi connectivity index (χ1) is 11.0. The third kappa shape index (κ3) is 2.84. The number of hydrogen-bond donors (Lipinski definition) is 1. The summed E-state index contributed by atoms with van der Waals surface area (Å²) in [5, 5.41) is 1.22. The molecule has 0 aliphatic heterocycles. The van der Waals surface area contributed by atoms with Crippen molar-refractivity contribution in [1.29, 1.82) is 0 Å². The molecule has 0 spiro atoms. The lowest BCUT2D eigenvalue weighted by Gasteiger charge is -2.14. The summed E-state index contributed by atoms with van der Waals surface area (Å²) in [6, 6.07) is 14.6. The van der Waals surface area contributed by atoms with Crippen molar-refractivity contribution in [2.75, 3.05) is 0 Å². The molecule has 0 aliphatic rings. The molecule has 120 valence electrons. The summed E-state index contributed by atoms with van der Waals surface area (Å²) in [6.45, 7) is 6.23. The molecular weight excluding hydrogens is 284 g/mol. The Morgan fingerprint density at radius 1 is 1.09 bits per heavy atom. The molecule has 3 heteroatoms. The fourth-order valence-electron chi connectivity index (χ4n) is 3.04. The molecule has 1 unspecified atom stereocenters. The van der Waals surface area contributed by atoms with Crippen molar-refractivity contribution < 1.29 is 4.74 Å². The van der Waals surface area contributed by atoms with Crippen LogP contribution in [-0.2, 0) is 13.5 Å². The van der Waals surface area contributed by atoms with Gasteiger partial charge in [0.1, 0.15) is 5.75 Å². The monoisotopic (exact) mass is 308 g/mol. The number of aryl methyl sites for hydroxylation is 2. The molecule has 0 amide bonds. The number of benzene rings is 2. The number of nitrogens with two attached hydrogens (primary N) is 1. The summed E-state index contributed by atoms with van der Waals surface area (Å²) >= 11 is 0. The summed E-state index contributed by atoms with van der Waals surface area (Å²) in [5.74, 6) is 1.79. The summed E-state index contributed by atoms with van der Waals surface area (Å²) in [7, 11) is 2.05. The molecule has 23 heavy (non-hydrogen) atoms. The van der Waals surface area contributed by atoms with E-state index in [1.54, 1.807) is 0 Å². The largest absolute Gasteiger partial charge is 0.440 e. The number of ether oxygens (including phenoxy) is 1. The van der Waals surface area contributed by atoms with E-state index in [9.17, 15) is 0 Å². The van der Waals surface area contributed by atoms with Gasteiger partial charge in [-0.3, -0.25) is 0 Å². The Kier molecular flexibility index (Phi) is 4.14. The lowest BCUT2D eigenvalue weighted by molar-refractivity contribution is 0.435. The minimum absolute atomic E-state index is 0.0850. The van der Waals surface area contributed by atoms with E-state index >= 15 is 0 Å². The van der Waals surface area contributed by atoms with Crippen molar-refractivity contribution in [3.05, 3.63) is 59.2 Å². The molecule has 1 atom stereocenters. The van der Waals surface area contributed by atoms with Gasteiger partial charge in [-0.2, -0.15) is 0 Å². The highest BCUT2D eigenvalue weighted by atomic mass is 16.5. The second-order valence-electron chi connectivity index (χ2n) is 6.34. The number of aromatic nitrogens is 1. The van der Waals surface area contributed by atoms with E-state index < -0.39 is 0 Å². The highest BCUT2D eigenvalue weighted by molar-refractivity contribution is 5.87. The van der Waals surface area contributed by atoms with E-state index in [0.29, 0.717) is 0 Å². The Morgan fingerprint density at radius 2 is 1.83 bits per heavy atom. The average molecular weight is 308 g/mol. The highest BCUT2D eigenvalue weighted by Crippen LogP contribution is 2.36. The van der Waals surface area contributed by atoms with Crippen LogP contribution in [0.2, 0.25) is 0 Å². The van der Waals surface area contributed by atoms with Gasteiger partial charge in [-0.1, -0.05) is 30.3 Å². The average Bonchev–Trinajstić information content (AvgIpc) is 2.77. The van der Waals surface area contributed by atoms with Crippen molar-refractivity contribution in [3.8, 4) is 11.6 Å². The molecule has 0 aliphatic carbocycles. The predicted octanol–water partition coefficient (Wildman–Crippen LogP) is 4.48. The summed E-state index contributed by atoms with van der Waals surface area (Å²) in [4.78, 5) is 0. The zero-order valence-corrected chi connectivity index (χ0v) is 14.3. The van der Waals surface area contributed by atoms with Gasteiger partial charge in [0.25, 0.3) is 0 Å². The van der Waals surface area contributed by atoms with Crippen LogP contribution in [0.1, 0.15) is 23.6 Å². The van der Waals surface area contributed by atoms with Crippen LogP contribution in [0.25, 0.3) is 10.9 Å². The van der Waals surface area contributed by atoms with Gasteiger partial charge < -0.3 is 15.0 Å². The van der Waals surface area contributed by atoms with Crippen LogP contribution in [0.5, 0.6) is 11.6 Å². The van der Waals surface area contributed by atoms with Crippen LogP contribution in [0, 0.1) is 13.8 Å². The maximum absolute atomic E-state index is 6.35. The second kappa shape index (κ2) is 6.09. The standard InChI is InChI=1S/C20H24N2O/c1-13-8-7-11-19(15(13)3)23-20-17(12-14(2)21)16-9-5-6-10-18(16)22(20)4/h5-11,14H,12,21H2,1-4H3. The summed E-state index contributed by atoms with van der Waals surface area (Å²) in [5.41, 5.74) is 10.8. The maximum Gasteiger partial charge on any atom is 0.204 e. The molecule has 0 saturated heterocycles. The van der Waals surface area contributed by atoms with E-state index in [1.807, 2.05) is 26.1 Å². The minimum atomic E-state index is 0.0850. The van der Waals surface area contributed by atoms with Gasteiger partial charge in [0.15, 0.2) is 0 Å². The molecule has 3 rings (SSSR count). The normalized spacial score (nSPS) is 12.6.